The molecule has 0 saturated heterocycles. The third kappa shape index (κ3) is 2.49. The smallest absolute Gasteiger partial charge is 0.0445 e. The molecule has 4 aromatic carbocycles. The first-order valence-electron chi connectivity index (χ1n) is 8.57. The van der Waals surface area contributed by atoms with Gasteiger partial charge in [0.25, 0.3) is 0 Å². The van der Waals surface area contributed by atoms with Gasteiger partial charge in [0.1, 0.15) is 0 Å². The second kappa shape index (κ2) is 6.39. The van der Waals surface area contributed by atoms with Crippen LogP contribution < -0.4 is 0 Å². The molecule has 0 nitrogen and oxygen atoms in total. The number of halogens is 1. The van der Waals surface area contributed by atoms with Gasteiger partial charge in [-0.2, -0.15) is 0 Å². The number of hydrogen-bond acceptors (Lipinski definition) is 1. The number of rotatable bonds is 2. The van der Waals surface area contributed by atoms with Gasteiger partial charge in [0.05, 0.1) is 0 Å². The lowest BCUT2D eigenvalue weighted by Crippen LogP contribution is -1.86. The Morgan fingerprint density at radius 1 is 0.615 bits per heavy atom. The standard InChI is InChI=1S/C24H15BrS/c25-23-19(16-9-3-1-4-10-16)15-20-18-13-7-8-14-21(18)26-24(20)22(23)17-11-5-2-6-12-17/h1-15H. The highest BCUT2D eigenvalue weighted by Crippen LogP contribution is 2.47. The molecule has 0 spiro atoms. The molecular formula is C24H15BrS. The molecule has 0 aliphatic rings. The molecule has 2 heteroatoms. The first-order chi connectivity index (χ1) is 12.8. The molecule has 26 heavy (non-hydrogen) atoms. The van der Waals surface area contributed by atoms with Gasteiger partial charge in [0, 0.05) is 30.2 Å². The Labute approximate surface area is 164 Å². The Morgan fingerprint density at radius 3 is 1.96 bits per heavy atom. The van der Waals surface area contributed by atoms with Crippen LogP contribution in [0, 0.1) is 0 Å². The lowest BCUT2D eigenvalue weighted by Gasteiger charge is -2.13. The van der Waals surface area contributed by atoms with Gasteiger partial charge in [0.15, 0.2) is 0 Å². The number of hydrogen-bond donors (Lipinski definition) is 0. The molecule has 0 amide bonds. The van der Waals surface area contributed by atoms with Gasteiger partial charge in [-0.15, -0.1) is 11.3 Å². The zero-order valence-corrected chi connectivity index (χ0v) is 16.3. The van der Waals surface area contributed by atoms with Crippen molar-refractivity contribution in [2.45, 2.75) is 0 Å². The van der Waals surface area contributed by atoms with E-state index in [1.807, 2.05) is 11.3 Å². The van der Waals surface area contributed by atoms with Crippen molar-refractivity contribution < 1.29 is 0 Å². The summed E-state index contributed by atoms with van der Waals surface area (Å²) in [5.41, 5.74) is 4.99. The predicted octanol–water partition coefficient (Wildman–Crippen LogP) is 8.15. The second-order valence-electron chi connectivity index (χ2n) is 6.32. The fourth-order valence-electron chi connectivity index (χ4n) is 3.53. The van der Waals surface area contributed by atoms with Crippen LogP contribution in [-0.2, 0) is 0 Å². The highest BCUT2D eigenvalue weighted by molar-refractivity contribution is 9.10. The van der Waals surface area contributed by atoms with Crippen LogP contribution in [0.15, 0.2) is 95.5 Å². The average molecular weight is 415 g/mol. The largest absolute Gasteiger partial charge is 0.134 e. The summed E-state index contributed by atoms with van der Waals surface area (Å²) in [5, 5.41) is 2.65. The van der Waals surface area contributed by atoms with E-state index in [1.54, 1.807) is 0 Å². The number of benzene rings is 4. The SMILES string of the molecule is Brc1c(-c2ccccc2)cc2c(sc3ccccc32)c1-c1ccccc1. The van der Waals surface area contributed by atoms with Crippen molar-refractivity contribution in [1.29, 1.82) is 0 Å². The van der Waals surface area contributed by atoms with Crippen LogP contribution >= 0.6 is 27.3 Å². The number of fused-ring (bicyclic) bond motifs is 3. The molecule has 0 unspecified atom stereocenters. The summed E-state index contributed by atoms with van der Waals surface area (Å²) in [4.78, 5) is 0. The van der Waals surface area contributed by atoms with Crippen LogP contribution in [0.5, 0.6) is 0 Å². The van der Waals surface area contributed by atoms with Gasteiger partial charge < -0.3 is 0 Å². The third-order valence-corrected chi connectivity index (χ3v) is 6.78. The zero-order chi connectivity index (χ0) is 17.5. The van der Waals surface area contributed by atoms with E-state index in [1.165, 1.54) is 42.4 Å². The lowest BCUT2D eigenvalue weighted by atomic mass is 9.96. The van der Waals surface area contributed by atoms with Crippen molar-refractivity contribution in [2.75, 3.05) is 0 Å². The fraction of sp³-hybridized carbons (Fsp3) is 0. The summed E-state index contributed by atoms with van der Waals surface area (Å²) in [5.74, 6) is 0. The summed E-state index contributed by atoms with van der Waals surface area (Å²) in [6.07, 6.45) is 0. The molecule has 0 N–H and O–H groups in total. The van der Waals surface area contributed by atoms with E-state index in [2.05, 4.69) is 107 Å². The minimum absolute atomic E-state index is 1.16. The summed E-state index contributed by atoms with van der Waals surface area (Å²) in [6.45, 7) is 0. The van der Waals surface area contributed by atoms with Crippen molar-refractivity contribution in [3.8, 4) is 22.3 Å². The normalized spacial score (nSPS) is 11.3. The fourth-order valence-corrected chi connectivity index (χ4v) is 5.68. The van der Waals surface area contributed by atoms with E-state index in [9.17, 15) is 0 Å². The van der Waals surface area contributed by atoms with Gasteiger partial charge in [-0.05, 0) is 44.8 Å². The van der Waals surface area contributed by atoms with Crippen molar-refractivity contribution in [1.82, 2.24) is 0 Å². The van der Waals surface area contributed by atoms with E-state index >= 15 is 0 Å². The predicted molar refractivity (Wildman–Crippen MR) is 118 cm³/mol. The maximum Gasteiger partial charge on any atom is 0.0445 e. The van der Waals surface area contributed by atoms with Crippen LogP contribution in [0.3, 0.4) is 0 Å². The summed E-state index contributed by atoms with van der Waals surface area (Å²) in [7, 11) is 0. The van der Waals surface area contributed by atoms with Crippen LogP contribution in [0.25, 0.3) is 42.4 Å². The summed E-state index contributed by atoms with van der Waals surface area (Å²) in [6, 6.07) is 32.3. The van der Waals surface area contributed by atoms with Gasteiger partial charge >= 0.3 is 0 Å². The third-order valence-electron chi connectivity index (χ3n) is 4.75. The Balaban J connectivity index is 1.96. The van der Waals surface area contributed by atoms with Crippen molar-refractivity contribution in [2.24, 2.45) is 0 Å². The van der Waals surface area contributed by atoms with Crippen LogP contribution in [0.1, 0.15) is 0 Å². The van der Waals surface area contributed by atoms with Crippen LogP contribution in [-0.4, -0.2) is 0 Å². The van der Waals surface area contributed by atoms with E-state index in [0.717, 1.165) is 4.47 Å². The Morgan fingerprint density at radius 2 is 1.23 bits per heavy atom. The zero-order valence-electron chi connectivity index (χ0n) is 13.9. The van der Waals surface area contributed by atoms with Gasteiger partial charge in [-0.25, -0.2) is 0 Å². The first-order valence-corrected chi connectivity index (χ1v) is 10.2. The van der Waals surface area contributed by atoms with E-state index in [-0.39, 0.29) is 0 Å². The van der Waals surface area contributed by atoms with Crippen molar-refractivity contribution in [3.05, 3.63) is 95.5 Å². The Hall–Kier alpha value is -2.42. The molecule has 0 aliphatic heterocycles. The van der Waals surface area contributed by atoms with Crippen molar-refractivity contribution in [3.63, 3.8) is 0 Å². The van der Waals surface area contributed by atoms with E-state index in [4.69, 9.17) is 0 Å². The number of thiophene rings is 1. The molecule has 0 fully saturated rings. The Bertz CT molecular complexity index is 1220. The Kier molecular flexibility index (Phi) is 3.88. The lowest BCUT2D eigenvalue weighted by molar-refractivity contribution is 1.60. The van der Waals surface area contributed by atoms with Gasteiger partial charge in [-0.1, -0.05) is 78.9 Å². The highest BCUT2D eigenvalue weighted by atomic mass is 79.9. The minimum atomic E-state index is 1.16. The molecule has 0 radical (unpaired) electrons. The maximum atomic E-state index is 3.94. The molecule has 1 heterocycles. The van der Waals surface area contributed by atoms with Gasteiger partial charge in [-0.3, -0.25) is 0 Å². The van der Waals surface area contributed by atoms with Crippen molar-refractivity contribution >= 4 is 47.4 Å². The monoisotopic (exact) mass is 414 g/mol. The summed E-state index contributed by atoms with van der Waals surface area (Å²) < 4.78 is 3.83. The molecule has 0 aliphatic carbocycles. The topological polar surface area (TPSA) is 0 Å². The molecule has 5 rings (SSSR count). The second-order valence-corrected chi connectivity index (χ2v) is 8.17. The van der Waals surface area contributed by atoms with Gasteiger partial charge in [0.2, 0.25) is 0 Å². The van der Waals surface area contributed by atoms with E-state index in [0.29, 0.717) is 0 Å². The first kappa shape index (κ1) is 15.8. The molecule has 0 saturated carbocycles. The highest BCUT2D eigenvalue weighted by Gasteiger charge is 2.17. The summed E-state index contributed by atoms with van der Waals surface area (Å²) >= 11 is 5.81. The average Bonchev–Trinajstić information content (AvgIpc) is 3.07. The maximum absolute atomic E-state index is 3.94. The molecule has 0 bridgehead atoms. The van der Waals surface area contributed by atoms with Crippen LogP contribution in [0.2, 0.25) is 0 Å². The molecule has 124 valence electrons. The molecule has 0 atom stereocenters. The quantitative estimate of drug-likeness (QED) is 0.273. The van der Waals surface area contributed by atoms with E-state index < -0.39 is 0 Å². The molecule has 1 aromatic heterocycles. The minimum Gasteiger partial charge on any atom is -0.134 e. The molecular weight excluding hydrogens is 400 g/mol. The van der Waals surface area contributed by atoms with Crippen LogP contribution in [0.4, 0.5) is 0 Å². The molecule has 5 aromatic rings.